The first kappa shape index (κ1) is 10.8. The number of carbonyl (C=O) groups is 2. The van der Waals surface area contributed by atoms with Gasteiger partial charge in [-0.05, 0) is 12.1 Å². The van der Waals surface area contributed by atoms with Crippen molar-refractivity contribution in [2.24, 2.45) is 0 Å². The van der Waals surface area contributed by atoms with Crippen molar-refractivity contribution in [3.63, 3.8) is 0 Å². The quantitative estimate of drug-likeness (QED) is 0.689. The fourth-order valence-corrected chi connectivity index (χ4v) is 2.20. The Balaban J connectivity index is 2.60. The van der Waals surface area contributed by atoms with E-state index in [1.165, 1.54) is 12.1 Å². The first-order valence-corrected chi connectivity index (χ1v) is 5.64. The minimum absolute atomic E-state index is 0.0631. The second-order valence-corrected chi connectivity index (χ2v) is 4.60. The predicted molar refractivity (Wildman–Crippen MR) is 52.9 cm³/mol. The van der Waals surface area contributed by atoms with Crippen molar-refractivity contribution in [2.45, 2.75) is 0 Å². The zero-order chi connectivity index (χ0) is 11.9. The van der Waals surface area contributed by atoms with E-state index >= 15 is 0 Å². The van der Waals surface area contributed by atoms with Crippen molar-refractivity contribution in [3.05, 3.63) is 35.4 Å². The number of hydrogen-bond donors (Lipinski definition) is 0. The zero-order valence-electron chi connectivity index (χ0n) is 8.21. The molecule has 2 amide bonds. The van der Waals surface area contributed by atoms with E-state index in [4.69, 9.17) is 0 Å². The van der Waals surface area contributed by atoms with Gasteiger partial charge in [-0.2, -0.15) is 8.42 Å². The fourth-order valence-electron chi connectivity index (χ4n) is 1.44. The highest BCUT2D eigenvalue weighted by Crippen LogP contribution is 2.25. The van der Waals surface area contributed by atoms with E-state index in [9.17, 15) is 18.0 Å². The first-order valence-electron chi connectivity index (χ1n) is 4.27. The Kier molecular flexibility index (Phi) is 2.28. The van der Waals surface area contributed by atoms with E-state index < -0.39 is 22.1 Å². The standard InChI is InChI=1S/C9H7NO5S/c1-15-16(13,14)10-8(11)6-4-2-3-5-7(6)9(10)12/h2-5H,1H3. The van der Waals surface area contributed by atoms with Crippen molar-refractivity contribution in [1.29, 1.82) is 0 Å². The maximum Gasteiger partial charge on any atom is 0.371 e. The van der Waals surface area contributed by atoms with E-state index in [2.05, 4.69) is 4.18 Å². The third-order valence-electron chi connectivity index (χ3n) is 2.19. The molecule has 1 aliphatic heterocycles. The summed E-state index contributed by atoms with van der Waals surface area (Å²) >= 11 is 0. The van der Waals surface area contributed by atoms with Crippen LogP contribution < -0.4 is 0 Å². The Morgan fingerprint density at radius 2 is 1.50 bits per heavy atom. The van der Waals surface area contributed by atoms with Gasteiger partial charge in [0.05, 0.1) is 18.2 Å². The molecule has 84 valence electrons. The molecule has 6 nitrogen and oxygen atoms in total. The van der Waals surface area contributed by atoms with Gasteiger partial charge >= 0.3 is 10.3 Å². The van der Waals surface area contributed by atoms with Gasteiger partial charge in [-0.3, -0.25) is 13.8 Å². The van der Waals surface area contributed by atoms with Gasteiger partial charge in [0.15, 0.2) is 0 Å². The minimum Gasteiger partial charge on any atom is -0.267 e. The van der Waals surface area contributed by atoms with Crippen LogP contribution in [0.4, 0.5) is 0 Å². The van der Waals surface area contributed by atoms with Crippen LogP contribution in [0.2, 0.25) is 0 Å². The number of imide groups is 1. The molecule has 0 aliphatic carbocycles. The Hall–Kier alpha value is -1.73. The van der Waals surface area contributed by atoms with Crippen molar-refractivity contribution < 1.29 is 22.2 Å². The average Bonchev–Trinajstić information content (AvgIpc) is 2.53. The minimum atomic E-state index is -4.33. The van der Waals surface area contributed by atoms with E-state index in [1.807, 2.05) is 0 Å². The molecule has 0 unspecified atom stereocenters. The second-order valence-electron chi connectivity index (χ2n) is 3.04. The molecule has 7 heteroatoms. The van der Waals surface area contributed by atoms with Crippen LogP contribution in [-0.2, 0) is 14.5 Å². The monoisotopic (exact) mass is 241 g/mol. The lowest BCUT2D eigenvalue weighted by Crippen LogP contribution is -2.36. The summed E-state index contributed by atoms with van der Waals surface area (Å²) in [5.74, 6) is -1.77. The number of hydrogen-bond acceptors (Lipinski definition) is 5. The van der Waals surface area contributed by atoms with Gasteiger partial charge in [0, 0.05) is 0 Å². The smallest absolute Gasteiger partial charge is 0.267 e. The number of nitrogens with zero attached hydrogens (tertiary/aromatic N) is 1. The Bertz CT molecular complexity index is 542. The highest BCUT2D eigenvalue weighted by Gasteiger charge is 2.43. The van der Waals surface area contributed by atoms with Gasteiger partial charge in [-0.15, -0.1) is 4.31 Å². The van der Waals surface area contributed by atoms with E-state index in [1.54, 1.807) is 12.1 Å². The normalized spacial score (nSPS) is 15.4. The van der Waals surface area contributed by atoms with Gasteiger partial charge in [0.1, 0.15) is 0 Å². The summed E-state index contributed by atoms with van der Waals surface area (Å²) in [6.07, 6.45) is 0. The summed E-state index contributed by atoms with van der Waals surface area (Å²) in [5, 5.41) is 0. The van der Waals surface area contributed by atoms with Crippen molar-refractivity contribution in [2.75, 3.05) is 7.11 Å². The molecule has 0 spiro atoms. The van der Waals surface area contributed by atoms with Gasteiger partial charge < -0.3 is 0 Å². The fraction of sp³-hybridized carbons (Fsp3) is 0.111. The second kappa shape index (κ2) is 3.39. The molecule has 0 fully saturated rings. The zero-order valence-corrected chi connectivity index (χ0v) is 9.02. The lowest BCUT2D eigenvalue weighted by atomic mass is 10.1. The molecule has 0 saturated heterocycles. The Morgan fingerprint density at radius 1 is 1.06 bits per heavy atom. The maximum absolute atomic E-state index is 11.7. The Morgan fingerprint density at radius 3 is 1.88 bits per heavy atom. The molecule has 1 aliphatic rings. The summed E-state index contributed by atoms with van der Waals surface area (Å²) in [6.45, 7) is 0. The summed E-state index contributed by atoms with van der Waals surface area (Å²) < 4.78 is 27.0. The van der Waals surface area contributed by atoms with Crippen LogP contribution >= 0.6 is 0 Å². The summed E-state index contributed by atoms with van der Waals surface area (Å²) in [5.41, 5.74) is 0.126. The maximum atomic E-state index is 11.7. The number of fused-ring (bicyclic) bond motifs is 1. The van der Waals surface area contributed by atoms with Crippen molar-refractivity contribution >= 4 is 22.1 Å². The van der Waals surface area contributed by atoms with Crippen LogP contribution in [-0.4, -0.2) is 31.6 Å². The molecule has 1 aromatic rings. The number of carbonyl (C=O) groups excluding carboxylic acids is 2. The SMILES string of the molecule is COS(=O)(=O)N1C(=O)c2ccccc2C1=O. The molecule has 0 aromatic heterocycles. The van der Waals surface area contributed by atoms with Gasteiger partial charge in [-0.25, -0.2) is 0 Å². The van der Waals surface area contributed by atoms with Crippen molar-refractivity contribution in [3.8, 4) is 0 Å². The van der Waals surface area contributed by atoms with E-state index in [-0.39, 0.29) is 15.4 Å². The summed E-state index contributed by atoms with van der Waals surface area (Å²) in [6, 6.07) is 5.88. The van der Waals surface area contributed by atoms with Crippen molar-refractivity contribution in [1.82, 2.24) is 4.31 Å². The highest BCUT2D eigenvalue weighted by molar-refractivity contribution is 7.85. The van der Waals surface area contributed by atoms with Crippen LogP contribution in [0, 0.1) is 0 Å². The molecule has 1 heterocycles. The van der Waals surface area contributed by atoms with Gasteiger partial charge in [0.25, 0.3) is 11.8 Å². The van der Waals surface area contributed by atoms with Crippen LogP contribution in [0.3, 0.4) is 0 Å². The number of benzene rings is 1. The van der Waals surface area contributed by atoms with E-state index in [0.29, 0.717) is 0 Å². The highest BCUT2D eigenvalue weighted by atomic mass is 32.2. The van der Waals surface area contributed by atoms with Crippen LogP contribution in [0.1, 0.15) is 20.7 Å². The third kappa shape index (κ3) is 1.33. The molecular formula is C9H7NO5S. The summed E-state index contributed by atoms with van der Waals surface area (Å²) in [4.78, 5) is 23.3. The molecule has 0 bridgehead atoms. The number of rotatable bonds is 2. The third-order valence-corrected chi connectivity index (χ3v) is 3.39. The lowest BCUT2D eigenvalue weighted by molar-refractivity contribution is 0.0751. The molecule has 1 aromatic carbocycles. The summed E-state index contributed by atoms with van der Waals surface area (Å²) in [7, 11) is -3.44. The molecule has 0 atom stereocenters. The average molecular weight is 241 g/mol. The lowest BCUT2D eigenvalue weighted by Gasteiger charge is -2.10. The van der Waals surface area contributed by atoms with Crippen LogP contribution in [0.15, 0.2) is 24.3 Å². The molecule has 0 radical (unpaired) electrons. The van der Waals surface area contributed by atoms with Crippen LogP contribution in [0.5, 0.6) is 0 Å². The van der Waals surface area contributed by atoms with Gasteiger partial charge in [-0.1, -0.05) is 12.1 Å². The molecule has 0 saturated carbocycles. The van der Waals surface area contributed by atoms with Crippen LogP contribution in [0.25, 0.3) is 0 Å². The topological polar surface area (TPSA) is 80.8 Å². The largest absolute Gasteiger partial charge is 0.371 e. The molecule has 16 heavy (non-hydrogen) atoms. The molecular weight excluding hydrogens is 234 g/mol. The Labute approximate surface area is 91.7 Å². The first-order chi connectivity index (χ1) is 7.49. The van der Waals surface area contributed by atoms with E-state index in [0.717, 1.165) is 7.11 Å². The predicted octanol–water partition coefficient (Wildman–Crippen LogP) is 0.174. The molecule has 2 rings (SSSR count). The van der Waals surface area contributed by atoms with Gasteiger partial charge in [0.2, 0.25) is 0 Å². The molecule has 0 N–H and O–H groups in total. The number of amides is 2.